The Balaban J connectivity index is 3.05. The third-order valence-electron chi connectivity index (χ3n) is 1.61. The molecular formula is C10H4Cl2IN3. The normalized spacial score (nSPS) is 8.81. The zero-order valence-electron chi connectivity index (χ0n) is 7.76. The number of nitrogens with one attached hydrogen (secondary N) is 1. The fourth-order valence-electron chi connectivity index (χ4n) is 0.914. The van der Waals surface area contributed by atoms with E-state index in [0.29, 0.717) is 15.7 Å². The van der Waals surface area contributed by atoms with Gasteiger partial charge in [0.2, 0.25) is 0 Å². The maximum Gasteiger partial charge on any atom is 0.145 e. The standard InChI is InChI=1S/C10H4Cl2IN3/c11-7-1-8(12)10(9(13)2-7)16-5-6(3-14)4-15/h1-2,5,16H. The van der Waals surface area contributed by atoms with Gasteiger partial charge in [-0.25, -0.2) is 0 Å². The molecular weight excluding hydrogens is 360 g/mol. The number of rotatable bonds is 2. The van der Waals surface area contributed by atoms with E-state index in [1.54, 1.807) is 24.3 Å². The van der Waals surface area contributed by atoms with Crippen molar-refractivity contribution in [3.8, 4) is 12.1 Å². The van der Waals surface area contributed by atoms with Gasteiger partial charge in [-0.2, -0.15) is 10.5 Å². The molecule has 0 bridgehead atoms. The van der Waals surface area contributed by atoms with E-state index >= 15 is 0 Å². The average molecular weight is 364 g/mol. The molecule has 0 unspecified atom stereocenters. The van der Waals surface area contributed by atoms with Crippen LogP contribution in [-0.2, 0) is 0 Å². The van der Waals surface area contributed by atoms with E-state index in [1.165, 1.54) is 6.20 Å². The number of nitrogens with zero attached hydrogens (tertiary/aromatic N) is 2. The van der Waals surface area contributed by atoms with Crippen LogP contribution in [0.5, 0.6) is 0 Å². The highest BCUT2D eigenvalue weighted by atomic mass is 127. The Morgan fingerprint density at radius 2 is 1.94 bits per heavy atom. The van der Waals surface area contributed by atoms with Crippen molar-refractivity contribution in [2.24, 2.45) is 0 Å². The molecule has 0 aromatic heterocycles. The topological polar surface area (TPSA) is 59.6 Å². The summed E-state index contributed by atoms with van der Waals surface area (Å²) in [6.07, 6.45) is 1.30. The third kappa shape index (κ3) is 3.28. The van der Waals surface area contributed by atoms with Gasteiger partial charge in [-0.05, 0) is 34.7 Å². The maximum absolute atomic E-state index is 8.55. The highest BCUT2D eigenvalue weighted by Gasteiger charge is 2.06. The Labute approximate surface area is 116 Å². The van der Waals surface area contributed by atoms with Gasteiger partial charge in [0.05, 0.1) is 10.7 Å². The van der Waals surface area contributed by atoms with Crippen molar-refractivity contribution >= 4 is 51.5 Å². The second kappa shape index (κ2) is 5.95. The van der Waals surface area contributed by atoms with Gasteiger partial charge >= 0.3 is 0 Å². The largest absolute Gasteiger partial charge is 0.358 e. The molecule has 1 rings (SSSR count). The highest BCUT2D eigenvalue weighted by molar-refractivity contribution is 14.1. The molecule has 0 aliphatic carbocycles. The van der Waals surface area contributed by atoms with Gasteiger partial charge in [0, 0.05) is 14.8 Å². The van der Waals surface area contributed by atoms with Crippen molar-refractivity contribution in [1.82, 2.24) is 0 Å². The lowest BCUT2D eigenvalue weighted by molar-refractivity contribution is 1.44. The molecule has 0 amide bonds. The smallest absolute Gasteiger partial charge is 0.145 e. The van der Waals surface area contributed by atoms with E-state index in [2.05, 4.69) is 27.9 Å². The minimum Gasteiger partial charge on any atom is -0.358 e. The predicted octanol–water partition coefficient (Wildman–Crippen LogP) is 3.94. The quantitative estimate of drug-likeness (QED) is 0.639. The fourth-order valence-corrected chi connectivity index (χ4v) is 2.59. The first kappa shape index (κ1) is 13.1. The van der Waals surface area contributed by atoms with E-state index in [4.69, 9.17) is 33.7 Å². The van der Waals surface area contributed by atoms with Crippen LogP contribution < -0.4 is 5.32 Å². The van der Waals surface area contributed by atoms with E-state index in [-0.39, 0.29) is 5.57 Å². The van der Waals surface area contributed by atoms with Crippen LogP contribution in [0.4, 0.5) is 5.69 Å². The molecule has 0 heterocycles. The lowest BCUT2D eigenvalue weighted by Gasteiger charge is -2.07. The van der Waals surface area contributed by atoms with Crippen LogP contribution in [0.15, 0.2) is 23.9 Å². The lowest BCUT2D eigenvalue weighted by atomic mass is 10.3. The molecule has 80 valence electrons. The Morgan fingerprint density at radius 3 is 2.44 bits per heavy atom. The molecule has 0 fully saturated rings. The van der Waals surface area contributed by atoms with E-state index < -0.39 is 0 Å². The molecule has 16 heavy (non-hydrogen) atoms. The van der Waals surface area contributed by atoms with Crippen molar-refractivity contribution in [2.75, 3.05) is 5.32 Å². The predicted molar refractivity (Wildman–Crippen MR) is 72.1 cm³/mol. The van der Waals surface area contributed by atoms with Crippen LogP contribution in [0.1, 0.15) is 0 Å². The maximum atomic E-state index is 8.55. The second-order valence-electron chi connectivity index (χ2n) is 2.67. The molecule has 0 atom stereocenters. The summed E-state index contributed by atoms with van der Waals surface area (Å²) >= 11 is 13.8. The molecule has 0 spiro atoms. The van der Waals surface area contributed by atoms with Crippen molar-refractivity contribution < 1.29 is 0 Å². The van der Waals surface area contributed by atoms with Gasteiger partial charge in [-0.15, -0.1) is 0 Å². The van der Waals surface area contributed by atoms with Crippen molar-refractivity contribution in [3.05, 3.63) is 37.5 Å². The van der Waals surface area contributed by atoms with Gasteiger partial charge in [0.25, 0.3) is 0 Å². The fraction of sp³-hybridized carbons (Fsp3) is 0. The first-order valence-electron chi connectivity index (χ1n) is 4.00. The van der Waals surface area contributed by atoms with Crippen LogP contribution in [-0.4, -0.2) is 0 Å². The van der Waals surface area contributed by atoms with Gasteiger partial charge in [0.1, 0.15) is 17.7 Å². The van der Waals surface area contributed by atoms with Crippen LogP contribution in [0, 0.1) is 26.2 Å². The molecule has 0 saturated heterocycles. The number of halogens is 3. The highest BCUT2D eigenvalue weighted by Crippen LogP contribution is 2.31. The van der Waals surface area contributed by atoms with Crippen molar-refractivity contribution in [2.45, 2.75) is 0 Å². The van der Waals surface area contributed by atoms with E-state index in [0.717, 1.165) is 3.57 Å². The summed E-state index contributed by atoms with van der Waals surface area (Å²) in [6.45, 7) is 0. The number of anilines is 1. The summed E-state index contributed by atoms with van der Waals surface area (Å²) in [5.74, 6) is 0. The first-order chi connectivity index (χ1) is 7.58. The first-order valence-corrected chi connectivity index (χ1v) is 5.83. The molecule has 0 saturated carbocycles. The van der Waals surface area contributed by atoms with Crippen LogP contribution in [0.3, 0.4) is 0 Å². The zero-order valence-corrected chi connectivity index (χ0v) is 11.4. The Kier molecular flexibility index (Phi) is 4.88. The van der Waals surface area contributed by atoms with Crippen molar-refractivity contribution in [3.63, 3.8) is 0 Å². The Bertz CT molecular complexity index is 487. The van der Waals surface area contributed by atoms with E-state index in [1.807, 2.05) is 0 Å². The minimum absolute atomic E-state index is 0.0261. The molecule has 3 nitrogen and oxygen atoms in total. The summed E-state index contributed by atoms with van der Waals surface area (Å²) in [5.41, 5.74) is 0.594. The second-order valence-corrected chi connectivity index (χ2v) is 4.68. The van der Waals surface area contributed by atoms with Crippen LogP contribution in [0.25, 0.3) is 0 Å². The van der Waals surface area contributed by atoms with Gasteiger partial charge in [-0.3, -0.25) is 0 Å². The van der Waals surface area contributed by atoms with E-state index in [9.17, 15) is 0 Å². The SMILES string of the molecule is N#CC(C#N)=CNc1c(Cl)cc(Cl)cc1I. The van der Waals surface area contributed by atoms with Crippen molar-refractivity contribution in [1.29, 1.82) is 10.5 Å². The molecule has 1 N–H and O–H groups in total. The summed E-state index contributed by atoms with van der Waals surface area (Å²) < 4.78 is 0.807. The summed E-state index contributed by atoms with van der Waals surface area (Å²) in [4.78, 5) is 0. The molecule has 0 radical (unpaired) electrons. The number of hydrogen-bond acceptors (Lipinski definition) is 3. The number of allylic oxidation sites excluding steroid dienone is 1. The molecule has 6 heteroatoms. The molecule has 1 aromatic carbocycles. The monoisotopic (exact) mass is 363 g/mol. The molecule has 1 aromatic rings. The summed E-state index contributed by atoms with van der Waals surface area (Å²) in [7, 11) is 0. The summed E-state index contributed by atoms with van der Waals surface area (Å²) in [5, 5.41) is 20.9. The minimum atomic E-state index is -0.0261. The Hall–Kier alpha value is -0.950. The number of nitriles is 2. The van der Waals surface area contributed by atoms with Crippen LogP contribution >= 0.6 is 45.8 Å². The zero-order chi connectivity index (χ0) is 12.1. The Morgan fingerprint density at radius 1 is 1.31 bits per heavy atom. The number of benzene rings is 1. The molecule has 0 aliphatic heterocycles. The average Bonchev–Trinajstić information content (AvgIpc) is 2.22. The number of hydrogen-bond donors (Lipinski definition) is 1. The van der Waals surface area contributed by atoms with Gasteiger partial charge in [0.15, 0.2) is 0 Å². The van der Waals surface area contributed by atoms with Gasteiger partial charge in [-0.1, -0.05) is 23.2 Å². The van der Waals surface area contributed by atoms with Gasteiger partial charge < -0.3 is 5.32 Å². The molecule has 0 aliphatic rings. The van der Waals surface area contributed by atoms with Crippen LogP contribution in [0.2, 0.25) is 10.0 Å². The summed E-state index contributed by atoms with van der Waals surface area (Å²) in [6, 6.07) is 6.78. The third-order valence-corrected chi connectivity index (χ3v) is 2.98. The lowest BCUT2D eigenvalue weighted by Crippen LogP contribution is -1.94.